The Hall–Kier alpha value is -3.78. The molecule has 8 nitrogen and oxygen atoms in total. The van der Waals surface area contributed by atoms with E-state index in [9.17, 15) is 19.2 Å². The molecular formula is C28H27N3O5. The molecule has 2 aromatic carbocycles. The summed E-state index contributed by atoms with van der Waals surface area (Å²) in [5.41, 5.74) is -1.70. The lowest BCUT2D eigenvalue weighted by atomic mass is 9.71. The second-order valence-corrected chi connectivity index (χ2v) is 9.93. The van der Waals surface area contributed by atoms with Crippen LogP contribution in [0.4, 0.5) is 5.69 Å². The van der Waals surface area contributed by atoms with Gasteiger partial charge in [0.2, 0.25) is 17.4 Å². The third-order valence-corrected chi connectivity index (χ3v) is 8.16. The van der Waals surface area contributed by atoms with Crippen LogP contribution in [0, 0.1) is 11.8 Å². The van der Waals surface area contributed by atoms with Crippen molar-refractivity contribution in [2.75, 3.05) is 11.9 Å². The molecule has 3 amide bonds. The highest BCUT2D eigenvalue weighted by Gasteiger charge is 2.83. The molecule has 3 aliphatic rings. The monoisotopic (exact) mass is 485 g/mol. The molecule has 0 N–H and O–H groups in total. The third kappa shape index (κ3) is 2.79. The molecule has 3 fully saturated rings. The van der Waals surface area contributed by atoms with Crippen LogP contribution in [0.2, 0.25) is 0 Å². The molecule has 3 aromatic rings. The molecular weight excluding hydrogens is 458 g/mol. The van der Waals surface area contributed by atoms with Gasteiger partial charge < -0.3 is 14.2 Å². The molecule has 0 aliphatic carbocycles. The first kappa shape index (κ1) is 22.7. The normalized spacial score (nSPS) is 29.0. The van der Waals surface area contributed by atoms with Crippen LogP contribution in [0.15, 0.2) is 66.9 Å². The van der Waals surface area contributed by atoms with E-state index >= 15 is 0 Å². The highest BCUT2D eigenvalue weighted by molar-refractivity contribution is 6.28. The molecule has 6 rings (SSSR count). The highest BCUT2D eigenvalue weighted by Crippen LogP contribution is 2.61. The van der Waals surface area contributed by atoms with Crippen LogP contribution >= 0.6 is 0 Å². The highest BCUT2D eigenvalue weighted by atomic mass is 16.6. The van der Waals surface area contributed by atoms with Gasteiger partial charge in [-0.3, -0.25) is 19.2 Å². The van der Waals surface area contributed by atoms with Crippen molar-refractivity contribution in [1.82, 2.24) is 9.47 Å². The van der Waals surface area contributed by atoms with Gasteiger partial charge in [-0.15, -0.1) is 0 Å². The topological polar surface area (TPSA) is 88.9 Å². The first-order chi connectivity index (χ1) is 17.3. The van der Waals surface area contributed by atoms with E-state index < -0.39 is 46.7 Å². The fourth-order valence-electron chi connectivity index (χ4n) is 6.46. The average Bonchev–Trinajstić information content (AvgIpc) is 3.57. The van der Waals surface area contributed by atoms with Crippen LogP contribution in [0.1, 0.15) is 26.2 Å². The van der Waals surface area contributed by atoms with Crippen molar-refractivity contribution >= 4 is 40.1 Å². The smallest absolute Gasteiger partial charge is 0.265 e. The number of carbonyl (C=O) groups excluding carboxylic acids is 4. The predicted molar refractivity (Wildman–Crippen MR) is 132 cm³/mol. The van der Waals surface area contributed by atoms with E-state index in [1.54, 1.807) is 37.4 Å². The Bertz CT molecular complexity index is 1410. The maximum atomic E-state index is 13.7. The van der Waals surface area contributed by atoms with Crippen molar-refractivity contribution in [1.29, 1.82) is 0 Å². The van der Waals surface area contributed by atoms with Crippen LogP contribution in [-0.4, -0.2) is 51.3 Å². The number of rotatable bonds is 7. The van der Waals surface area contributed by atoms with Gasteiger partial charge in [-0.2, -0.15) is 0 Å². The number of fused-ring (bicyclic) bond motifs is 6. The maximum Gasteiger partial charge on any atom is 0.265 e. The van der Waals surface area contributed by atoms with Gasteiger partial charge in [0.25, 0.3) is 5.91 Å². The third-order valence-electron chi connectivity index (χ3n) is 8.16. The summed E-state index contributed by atoms with van der Waals surface area (Å²) in [4.78, 5) is 56.2. The van der Waals surface area contributed by atoms with Crippen molar-refractivity contribution < 1.29 is 23.9 Å². The minimum absolute atomic E-state index is 0.353. The number of benzene rings is 2. The number of para-hydroxylation sites is 2. The van der Waals surface area contributed by atoms with Gasteiger partial charge in [-0.1, -0.05) is 36.4 Å². The number of piperidine rings is 1. The summed E-state index contributed by atoms with van der Waals surface area (Å²) in [5.74, 6) is -4.13. The number of likely N-dealkylation sites (tertiary alicyclic amines) is 1. The van der Waals surface area contributed by atoms with Crippen LogP contribution in [0.3, 0.4) is 0 Å². The quantitative estimate of drug-likeness (QED) is 0.291. The number of anilines is 1. The minimum atomic E-state index is -1.95. The Balaban J connectivity index is 1.30. The number of imide groups is 1. The number of unbranched alkanes of at least 4 members (excludes halogenated alkanes) is 1. The number of carbonyl (C=O) groups is 4. The van der Waals surface area contributed by atoms with Crippen LogP contribution in [0.25, 0.3) is 10.9 Å². The summed E-state index contributed by atoms with van der Waals surface area (Å²) in [5, 5.41) is 1.17. The molecule has 0 radical (unpaired) electrons. The van der Waals surface area contributed by atoms with Gasteiger partial charge in [0.15, 0.2) is 11.5 Å². The Morgan fingerprint density at radius 3 is 2.36 bits per heavy atom. The summed E-state index contributed by atoms with van der Waals surface area (Å²) in [7, 11) is 1.58. The summed E-state index contributed by atoms with van der Waals surface area (Å²) in [6.07, 6.45) is 3.83. The molecule has 0 saturated carbocycles. The summed E-state index contributed by atoms with van der Waals surface area (Å²) in [6.45, 7) is 2.03. The number of nitrogens with zero attached hydrogens (tertiary/aromatic N) is 3. The maximum absolute atomic E-state index is 13.7. The van der Waals surface area contributed by atoms with Gasteiger partial charge in [0.1, 0.15) is 11.8 Å². The Morgan fingerprint density at radius 2 is 1.61 bits per heavy atom. The fourth-order valence-corrected chi connectivity index (χ4v) is 6.46. The molecule has 0 spiro atoms. The molecule has 2 bridgehead atoms. The van der Waals surface area contributed by atoms with E-state index in [2.05, 4.69) is 22.8 Å². The number of hydrogen-bond acceptors (Lipinski definition) is 5. The molecule has 36 heavy (non-hydrogen) atoms. The molecule has 1 aromatic heterocycles. The van der Waals surface area contributed by atoms with Gasteiger partial charge >= 0.3 is 0 Å². The van der Waals surface area contributed by atoms with E-state index in [1.165, 1.54) is 17.2 Å². The van der Waals surface area contributed by atoms with E-state index in [-0.39, 0.29) is 0 Å². The second-order valence-electron chi connectivity index (χ2n) is 9.93. The van der Waals surface area contributed by atoms with Crippen molar-refractivity contribution in [3.8, 4) is 0 Å². The lowest BCUT2D eigenvalue weighted by Gasteiger charge is -2.38. The first-order valence-corrected chi connectivity index (χ1v) is 12.3. The van der Waals surface area contributed by atoms with Gasteiger partial charge in [-0.05, 0) is 55.8 Å². The SMILES string of the molecule is CC(=O)[C@@]12O[C@@](CCCCn3ccc4ccccc43)(C3C(=O)N(c4ccccc4)C(=O)C31)N(C)C2=O. The van der Waals surface area contributed by atoms with E-state index in [0.717, 1.165) is 23.4 Å². The van der Waals surface area contributed by atoms with Gasteiger partial charge in [-0.25, -0.2) is 4.90 Å². The van der Waals surface area contributed by atoms with Crippen LogP contribution < -0.4 is 4.90 Å². The number of amides is 3. The predicted octanol–water partition coefficient (Wildman–Crippen LogP) is 3.14. The van der Waals surface area contributed by atoms with Crippen molar-refractivity contribution in [2.45, 2.75) is 44.1 Å². The summed E-state index contributed by atoms with van der Waals surface area (Å²) < 4.78 is 8.46. The summed E-state index contributed by atoms with van der Waals surface area (Å²) >= 11 is 0. The number of hydrogen-bond donors (Lipinski definition) is 0. The lowest BCUT2D eigenvalue weighted by Crippen LogP contribution is -2.60. The molecule has 8 heteroatoms. The van der Waals surface area contributed by atoms with Crippen molar-refractivity contribution in [3.63, 3.8) is 0 Å². The zero-order valence-electron chi connectivity index (χ0n) is 20.2. The molecule has 184 valence electrons. The van der Waals surface area contributed by atoms with E-state index in [1.807, 2.05) is 18.3 Å². The van der Waals surface area contributed by atoms with E-state index in [0.29, 0.717) is 18.5 Å². The van der Waals surface area contributed by atoms with Crippen LogP contribution in [-0.2, 0) is 30.5 Å². The Labute approximate surface area is 208 Å². The fraction of sp³-hybridized carbons (Fsp3) is 0.357. The zero-order valence-corrected chi connectivity index (χ0v) is 20.2. The number of aryl methyl sites for hydroxylation is 1. The minimum Gasteiger partial charge on any atom is -0.347 e. The average molecular weight is 486 g/mol. The zero-order chi connectivity index (χ0) is 25.2. The van der Waals surface area contributed by atoms with E-state index in [4.69, 9.17) is 4.74 Å². The molecule has 3 saturated heterocycles. The van der Waals surface area contributed by atoms with Crippen molar-refractivity contribution in [3.05, 3.63) is 66.9 Å². The van der Waals surface area contributed by atoms with Gasteiger partial charge in [0.05, 0.1) is 5.69 Å². The molecule has 4 heterocycles. The standard InChI is InChI=1S/C28H27N3O5/c1-18(32)28-23-22(24(33)31(25(23)34)20-11-4-3-5-12-20)27(36-28,29(2)26(28)35)15-8-9-16-30-17-14-19-10-6-7-13-21(19)30/h3-7,10-14,17,22-23H,8-9,15-16H2,1-2H3/t22?,23?,27-,28+/m0/s1. The van der Waals surface area contributed by atoms with Crippen LogP contribution in [0.5, 0.6) is 0 Å². The molecule has 3 aliphatic heterocycles. The number of Topliss-reactive ketones (excluding diaryl/α,β-unsaturated/α-hetero) is 1. The Morgan fingerprint density at radius 1 is 0.917 bits per heavy atom. The number of ether oxygens (including phenoxy) is 1. The number of aromatic nitrogens is 1. The first-order valence-electron chi connectivity index (χ1n) is 12.3. The second kappa shape index (κ2) is 7.86. The molecule has 4 atom stereocenters. The number of ketones is 1. The molecule has 2 unspecified atom stereocenters. The van der Waals surface area contributed by atoms with Gasteiger partial charge in [0, 0.05) is 25.3 Å². The largest absolute Gasteiger partial charge is 0.347 e. The lowest BCUT2D eigenvalue weighted by molar-refractivity contribution is -0.155. The summed E-state index contributed by atoms with van der Waals surface area (Å²) in [6, 6.07) is 18.9. The Kier molecular flexibility index (Phi) is 4.95. The van der Waals surface area contributed by atoms with Crippen molar-refractivity contribution in [2.24, 2.45) is 11.8 Å². The number of likely N-dealkylation sites (N-methyl/N-ethyl adjacent to an activating group) is 1.